The van der Waals surface area contributed by atoms with Gasteiger partial charge >= 0.3 is 5.97 Å². The number of benzene rings is 2. The van der Waals surface area contributed by atoms with Crippen LogP contribution in [-0.4, -0.2) is 43.0 Å². The molecule has 9 heteroatoms. The van der Waals surface area contributed by atoms with E-state index in [9.17, 15) is 14.4 Å². The van der Waals surface area contributed by atoms with E-state index < -0.39 is 5.97 Å². The fraction of sp³-hybridized carbons (Fsp3) is 0.423. The van der Waals surface area contributed by atoms with E-state index in [0.717, 1.165) is 12.8 Å². The highest BCUT2D eigenvalue weighted by molar-refractivity contribution is 8.00. The average molecular weight is 499 g/mol. The lowest BCUT2D eigenvalue weighted by Gasteiger charge is -2.34. The van der Waals surface area contributed by atoms with Gasteiger partial charge in [0.2, 0.25) is 12.7 Å². The lowest BCUT2D eigenvalue weighted by atomic mass is 9.78. The fourth-order valence-corrected chi connectivity index (χ4v) is 5.16. The number of hydrogen-bond acceptors (Lipinski definition) is 7. The second-order valence-corrected chi connectivity index (χ2v) is 9.94. The van der Waals surface area contributed by atoms with Crippen LogP contribution in [0, 0.1) is 11.8 Å². The maximum atomic E-state index is 12.7. The third kappa shape index (κ3) is 6.48. The molecule has 1 aliphatic heterocycles. The maximum absolute atomic E-state index is 12.7. The average Bonchev–Trinajstić information content (AvgIpc) is 3.32. The van der Waals surface area contributed by atoms with E-state index in [1.807, 2.05) is 0 Å². The largest absolute Gasteiger partial charge is 0.454 e. The van der Waals surface area contributed by atoms with E-state index in [0.29, 0.717) is 39.5 Å². The standard InChI is InChI=1S/C26H30N2O6S/c1-16-6-5-8-20(17(16)2)28-24(29)13-32-26(31)19-7-3-4-9-23(19)35-14-25(30)27-18-10-11-21-22(12-18)34-15-33-21/h3-4,7,9-12,16-17,20H,5-6,8,13-15H2,1-2H3,(H,27,30)(H,28,29). The summed E-state index contributed by atoms with van der Waals surface area (Å²) in [6.07, 6.45) is 3.20. The summed E-state index contributed by atoms with van der Waals surface area (Å²) in [5.41, 5.74) is 0.918. The Bertz CT molecular complexity index is 1090. The molecule has 2 amide bonds. The Morgan fingerprint density at radius 3 is 2.69 bits per heavy atom. The molecule has 0 spiro atoms. The number of amides is 2. The predicted molar refractivity (Wildman–Crippen MR) is 133 cm³/mol. The second-order valence-electron chi connectivity index (χ2n) is 8.92. The number of anilines is 1. The summed E-state index contributed by atoms with van der Waals surface area (Å²) in [6.45, 7) is 4.18. The molecular formula is C26H30N2O6S. The molecule has 3 unspecified atom stereocenters. The number of nitrogens with one attached hydrogen (secondary N) is 2. The Morgan fingerprint density at radius 1 is 1.03 bits per heavy atom. The molecule has 2 aliphatic rings. The van der Waals surface area contributed by atoms with Gasteiger partial charge in [-0.1, -0.05) is 38.8 Å². The molecule has 0 saturated heterocycles. The number of rotatable bonds is 8. The van der Waals surface area contributed by atoms with Crippen LogP contribution in [-0.2, 0) is 14.3 Å². The van der Waals surface area contributed by atoms with Gasteiger partial charge in [-0.3, -0.25) is 9.59 Å². The summed E-state index contributed by atoms with van der Waals surface area (Å²) in [6, 6.07) is 12.2. The number of hydrogen-bond donors (Lipinski definition) is 2. The highest BCUT2D eigenvalue weighted by Gasteiger charge is 2.28. The summed E-state index contributed by atoms with van der Waals surface area (Å²) in [7, 11) is 0. The van der Waals surface area contributed by atoms with Crippen molar-refractivity contribution in [2.24, 2.45) is 11.8 Å². The highest BCUT2D eigenvalue weighted by Crippen LogP contribution is 2.34. The van der Waals surface area contributed by atoms with E-state index in [2.05, 4.69) is 24.5 Å². The van der Waals surface area contributed by atoms with Crippen molar-refractivity contribution in [1.82, 2.24) is 5.32 Å². The first-order valence-corrected chi connectivity index (χ1v) is 12.8. The van der Waals surface area contributed by atoms with Gasteiger partial charge in [-0.15, -0.1) is 11.8 Å². The van der Waals surface area contributed by atoms with Gasteiger partial charge in [-0.05, 0) is 42.5 Å². The Kier molecular flexibility index (Phi) is 8.17. The fourth-order valence-electron chi connectivity index (χ4n) is 4.32. The third-order valence-corrected chi connectivity index (χ3v) is 7.58. The monoisotopic (exact) mass is 498 g/mol. The van der Waals surface area contributed by atoms with Gasteiger partial charge in [0.25, 0.3) is 5.91 Å². The SMILES string of the molecule is CC1CCCC(NC(=O)COC(=O)c2ccccc2SCC(=O)Nc2ccc3c(c2)OCO3)C1C. The van der Waals surface area contributed by atoms with Crippen molar-refractivity contribution in [2.75, 3.05) is 24.5 Å². The van der Waals surface area contributed by atoms with Gasteiger partial charge < -0.3 is 24.8 Å². The van der Waals surface area contributed by atoms with Crippen LogP contribution in [0.3, 0.4) is 0 Å². The van der Waals surface area contributed by atoms with Gasteiger partial charge in [0.15, 0.2) is 18.1 Å². The lowest BCUT2D eigenvalue weighted by Crippen LogP contribution is -2.45. The van der Waals surface area contributed by atoms with Crippen LogP contribution < -0.4 is 20.1 Å². The minimum absolute atomic E-state index is 0.0942. The second kappa shape index (κ2) is 11.5. The number of carbonyl (C=O) groups is 3. The Hall–Kier alpha value is -3.20. The number of ether oxygens (including phenoxy) is 3. The first-order chi connectivity index (χ1) is 16.9. The van der Waals surface area contributed by atoms with Gasteiger partial charge in [-0.2, -0.15) is 0 Å². The zero-order valence-corrected chi connectivity index (χ0v) is 20.7. The molecular weight excluding hydrogens is 468 g/mol. The smallest absolute Gasteiger partial charge is 0.339 e. The van der Waals surface area contributed by atoms with Gasteiger partial charge in [-0.25, -0.2) is 4.79 Å². The molecule has 2 aromatic carbocycles. The van der Waals surface area contributed by atoms with Crippen molar-refractivity contribution in [1.29, 1.82) is 0 Å². The molecule has 8 nitrogen and oxygen atoms in total. The van der Waals surface area contributed by atoms with Crippen LogP contribution in [0.25, 0.3) is 0 Å². The number of esters is 1. The van der Waals surface area contributed by atoms with Crippen molar-refractivity contribution >= 4 is 35.2 Å². The molecule has 2 aromatic rings. The summed E-state index contributed by atoms with van der Waals surface area (Å²) in [5, 5.41) is 5.82. The number of thioether (sulfide) groups is 1. The van der Waals surface area contributed by atoms with Crippen molar-refractivity contribution < 1.29 is 28.6 Å². The molecule has 35 heavy (non-hydrogen) atoms. The zero-order chi connectivity index (χ0) is 24.8. The summed E-state index contributed by atoms with van der Waals surface area (Å²) >= 11 is 1.22. The molecule has 3 atom stereocenters. The van der Waals surface area contributed by atoms with E-state index in [-0.39, 0.29) is 37.0 Å². The molecule has 1 aliphatic carbocycles. The molecule has 0 bridgehead atoms. The molecule has 1 heterocycles. The van der Waals surface area contributed by atoms with Crippen LogP contribution in [0.4, 0.5) is 5.69 Å². The Morgan fingerprint density at radius 2 is 1.83 bits per heavy atom. The normalized spacial score (nSPS) is 20.7. The molecule has 186 valence electrons. The quantitative estimate of drug-likeness (QED) is 0.414. The molecule has 4 rings (SSSR count). The van der Waals surface area contributed by atoms with Crippen molar-refractivity contribution in [3.8, 4) is 11.5 Å². The first-order valence-electron chi connectivity index (χ1n) is 11.8. The van der Waals surface area contributed by atoms with Crippen molar-refractivity contribution in [3.63, 3.8) is 0 Å². The molecule has 2 N–H and O–H groups in total. The van der Waals surface area contributed by atoms with Crippen molar-refractivity contribution in [3.05, 3.63) is 48.0 Å². The van der Waals surface area contributed by atoms with Crippen molar-refractivity contribution in [2.45, 2.75) is 44.0 Å². The maximum Gasteiger partial charge on any atom is 0.339 e. The number of carbonyl (C=O) groups excluding carboxylic acids is 3. The van der Waals surface area contributed by atoms with Crippen LogP contribution >= 0.6 is 11.8 Å². The van der Waals surface area contributed by atoms with E-state index in [4.69, 9.17) is 14.2 Å². The van der Waals surface area contributed by atoms with Gasteiger partial charge in [0.05, 0.1) is 11.3 Å². The van der Waals surface area contributed by atoms with Crippen LogP contribution in [0.1, 0.15) is 43.5 Å². The zero-order valence-electron chi connectivity index (χ0n) is 19.9. The van der Waals surface area contributed by atoms with E-state index in [1.54, 1.807) is 42.5 Å². The third-order valence-electron chi connectivity index (χ3n) is 6.51. The first kappa shape index (κ1) is 24.9. The van der Waals surface area contributed by atoms with Gasteiger partial charge in [0.1, 0.15) is 0 Å². The van der Waals surface area contributed by atoms with E-state index >= 15 is 0 Å². The highest BCUT2D eigenvalue weighted by atomic mass is 32.2. The van der Waals surface area contributed by atoms with Crippen LogP contribution in [0.5, 0.6) is 11.5 Å². The summed E-state index contributed by atoms with van der Waals surface area (Å²) in [4.78, 5) is 38.1. The summed E-state index contributed by atoms with van der Waals surface area (Å²) in [5.74, 6) is 1.15. The molecule has 1 saturated carbocycles. The summed E-state index contributed by atoms with van der Waals surface area (Å²) < 4.78 is 15.9. The van der Waals surface area contributed by atoms with Gasteiger partial charge in [0, 0.05) is 22.7 Å². The topological polar surface area (TPSA) is 103 Å². The van der Waals surface area contributed by atoms with Crippen LogP contribution in [0.15, 0.2) is 47.4 Å². The predicted octanol–water partition coefficient (Wildman–Crippen LogP) is 4.24. The Labute approximate surface area is 209 Å². The number of fused-ring (bicyclic) bond motifs is 1. The minimum atomic E-state index is -0.593. The minimum Gasteiger partial charge on any atom is -0.454 e. The molecule has 0 radical (unpaired) electrons. The molecule has 0 aromatic heterocycles. The van der Waals surface area contributed by atoms with E-state index in [1.165, 1.54) is 18.2 Å². The lowest BCUT2D eigenvalue weighted by molar-refractivity contribution is -0.125. The Balaban J connectivity index is 1.27. The van der Waals surface area contributed by atoms with Crippen LogP contribution in [0.2, 0.25) is 0 Å². The molecule has 1 fully saturated rings.